The van der Waals surface area contributed by atoms with Crippen LogP contribution in [-0.4, -0.2) is 34.2 Å². The molecule has 1 heterocycles. The fourth-order valence-corrected chi connectivity index (χ4v) is 2.74. The van der Waals surface area contributed by atoms with Crippen LogP contribution in [0.4, 0.5) is 11.4 Å². The third-order valence-electron chi connectivity index (χ3n) is 3.28. The fourth-order valence-electron chi connectivity index (χ4n) is 2.11. The number of pyridine rings is 1. The van der Waals surface area contributed by atoms with Gasteiger partial charge in [0.1, 0.15) is 0 Å². The van der Waals surface area contributed by atoms with Crippen LogP contribution in [0.2, 0.25) is 0 Å². The largest absolute Gasteiger partial charge is 0.398 e. The van der Waals surface area contributed by atoms with Crippen LogP contribution < -0.4 is 11.1 Å². The molecule has 0 spiro atoms. The highest BCUT2D eigenvalue weighted by Gasteiger charge is 2.16. The fraction of sp³-hybridized carbons (Fsp3) is 0.357. The quantitative estimate of drug-likeness (QED) is 0.732. The summed E-state index contributed by atoms with van der Waals surface area (Å²) in [6, 6.07) is 5.98. The number of aromatic nitrogens is 1. The molecule has 2 unspecified atom stereocenters. The molecule has 0 saturated carbocycles. The van der Waals surface area contributed by atoms with Gasteiger partial charge in [0, 0.05) is 45.8 Å². The minimum atomic E-state index is 0.157. The van der Waals surface area contributed by atoms with Gasteiger partial charge in [0.15, 0.2) is 0 Å². The van der Waals surface area contributed by atoms with Crippen molar-refractivity contribution in [1.29, 1.82) is 0 Å². The van der Waals surface area contributed by atoms with Gasteiger partial charge in [-0.2, -0.15) is 11.8 Å². The van der Waals surface area contributed by atoms with Crippen molar-refractivity contribution in [3.8, 4) is 0 Å². The third kappa shape index (κ3) is 2.93. The van der Waals surface area contributed by atoms with Gasteiger partial charge in [-0.05, 0) is 31.4 Å². The highest BCUT2D eigenvalue weighted by atomic mass is 32.2. The van der Waals surface area contributed by atoms with Gasteiger partial charge in [0.2, 0.25) is 0 Å². The first-order chi connectivity index (χ1) is 9.17. The van der Waals surface area contributed by atoms with E-state index in [0.29, 0.717) is 0 Å². The minimum absolute atomic E-state index is 0.157. The summed E-state index contributed by atoms with van der Waals surface area (Å²) in [4.78, 5) is 4.11. The van der Waals surface area contributed by atoms with Crippen molar-refractivity contribution in [1.82, 2.24) is 4.98 Å². The molecule has 2 aromatic rings. The molecule has 0 saturated heterocycles. The second kappa shape index (κ2) is 6.12. The number of nitrogens with one attached hydrogen (secondary N) is 1. The van der Waals surface area contributed by atoms with Crippen LogP contribution in [0.25, 0.3) is 10.8 Å². The topological polar surface area (TPSA) is 71.2 Å². The number of aliphatic hydroxyl groups excluding tert-OH is 1. The molecule has 5 heteroatoms. The van der Waals surface area contributed by atoms with E-state index in [4.69, 9.17) is 5.73 Å². The van der Waals surface area contributed by atoms with E-state index < -0.39 is 0 Å². The molecule has 102 valence electrons. The maximum Gasteiger partial charge on any atom is 0.0569 e. The molecule has 0 aliphatic carbocycles. The summed E-state index contributed by atoms with van der Waals surface area (Å²) >= 11 is 1.66. The van der Waals surface area contributed by atoms with Gasteiger partial charge in [-0.1, -0.05) is 0 Å². The predicted octanol–water partition coefficient (Wildman–Crippen LogP) is 2.34. The van der Waals surface area contributed by atoms with E-state index in [2.05, 4.69) is 17.2 Å². The smallest absolute Gasteiger partial charge is 0.0569 e. The van der Waals surface area contributed by atoms with Gasteiger partial charge in [-0.25, -0.2) is 0 Å². The van der Waals surface area contributed by atoms with Crippen LogP contribution >= 0.6 is 11.8 Å². The van der Waals surface area contributed by atoms with E-state index in [1.54, 1.807) is 24.2 Å². The number of hydrogen-bond acceptors (Lipinski definition) is 5. The maximum absolute atomic E-state index is 9.34. The highest BCUT2D eigenvalue weighted by molar-refractivity contribution is 7.99. The zero-order chi connectivity index (χ0) is 13.8. The van der Waals surface area contributed by atoms with Gasteiger partial charge in [0.05, 0.1) is 6.61 Å². The molecule has 4 N–H and O–H groups in total. The molecule has 1 aromatic carbocycles. The van der Waals surface area contributed by atoms with E-state index in [1.165, 1.54) is 0 Å². The SMILES string of the molecule is CSC(CO)C(C)Nc1ccc(N)c2cnccc12. The second-order valence-corrected chi connectivity index (χ2v) is 5.59. The predicted molar refractivity (Wildman–Crippen MR) is 83.6 cm³/mol. The van der Waals surface area contributed by atoms with Crippen molar-refractivity contribution in [3.63, 3.8) is 0 Å². The lowest BCUT2D eigenvalue weighted by Crippen LogP contribution is -2.31. The monoisotopic (exact) mass is 277 g/mol. The Morgan fingerprint density at radius 1 is 1.37 bits per heavy atom. The van der Waals surface area contributed by atoms with Crippen molar-refractivity contribution in [2.24, 2.45) is 0 Å². The first kappa shape index (κ1) is 14.0. The average molecular weight is 277 g/mol. The van der Waals surface area contributed by atoms with Crippen molar-refractivity contribution in [2.45, 2.75) is 18.2 Å². The first-order valence-corrected chi connectivity index (χ1v) is 7.48. The number of benzene rings is 1. The minimum Gasteiger partial charge on any atom is -0.398 e. The van der Waals surface area contributed by atoms with Crippen LogP contribution in [0.1, 0.15) is 6.92 Å². The zero-order valence-electron chi connectivity index (χ0n) is 11.1. The third-order valence-corrected chi connectivity index (χ3v) is 4.44. The Kier molecular flexibility index (Phi) is 4.50. The summed E-state index contributed by atoms with van der Waals surface area (Å²) in [5, 5.41) is 15.0. The molecule has 0 radical (unpaired) electrons. The summed E-state index contributed by atoms with van der Waals surface area (Å²) < 4.78 is 0. The van der Waals surface area contributed by atoms with E-state index in [0.717, 1.165) is 22.1 Å². The van der Waals surface area contributed by atoms with Gasteiger partial charge < -0.3 is 16.2 Å². The van der Waals surface area contributed by atoms with Crippen molar-refractivity contribution in [2.75, 3.05) is 23.9 Å². The van der Waals surface area contributed by atoms with Gasteiger partial charge in [0.25, 0.3) is 0 Å². The zero-order valence-corrected chi connectivity index (χ0v) is 11.9. The molecule has 0 bridgehead atoms. The van der Waals surface area contributed by atoms with Crippen LogP contribution in [0, 0.1) is 0 Å². The number of thioether (sulfide) groups is 1. The van der Waals surface area contributed by atoms with E-state index in [9.17, 15) is 5.11 Å². The van der Waals surface area contributed by atoms with Gasteiger partial charge in [-0.15, -0.1) is 0 Å². The molecule has 0 fully saturated rings. The summed E-state index contributed by atoms with van der Waals surface area (Å²) in [6.45, 7) is 2.23. The molecule has 2 rings (SSSR count). The van der Waals surface area contributed by atoms with Crippen LogP contribution in [0.15, 0.2) is 30.6 Å². The van der Waals surface area contributed by atoms with Gasteiger partial charge in [-0.3, -0.25) is 4.98 Å². The Morgan fingerprint density at radius 3 is 2.84 bits per heavy atom. The number of fused-ring (bicyclic) bond motifs is 1. The number of hydrogen-bond donors (Lipinski definition) is 3. The van der Waals surface area contributed by atoms with E-state index in [1.807, 2.05) is 24.5 Å². The number of aliphatic hydroxyl groups is 1. The van der Waals surface area contributed by atoms with Crippen LogP contribution in [0.3, 0.4) is 0 Å². The number of nitrogens with zero attached hydrogens (tertiary/aromatic N) is 1. The molecule has 0 amide bonds. The lowest BCUT2D eigenvalue weighted by Gasteiger charge is -2.23. The molecule has 0 aliphatic heterocycles. The molecule has 1 aromatic heterocycles. The Labute approximate surface area is 117 Å². The summed E-state index contributed by atoms with van der Waals surface area (Å²) in [5.41, 5.74) is 7.70. The van der Waals surface area contributed by atoms with Crippen LogP contribution in [0.5, 0.6) is 0 Å². The Bertz CT molecular complexity index is 557. The molecule has 0 aliphatic rings. The van der Waals surface area contributed by atoms with Crippen LogP contribution in [-0.2, 0) is 0 Å². The first-order valence-electron chi connectivity index (χ1n) is 6.19. The van der Waals surface area contributed by atoms with Crippen molar-refractivity contribution >= 4 is 33.9 Å². The number of rotatable bonds is 5. The highest BCUT2D eigenvalue weighted by Crippen LogP contribution is 2.28. The van der Waals surface area contributed by atoms with E-state index >= 15 is 0 Å². The molecule has 4 nitrogen and oxygen atoms in total. The second-order valence-electron chi connectivity index (χ2n) is 4.51. The van der Waals surface area contributed by atoms with Gasteiger partial charge >= 0.3 is 0 Å². The maximum atomic E-state index is 9.34. The van der Waals surface area contributed by atoms with Crippen molar-refractivity contribution in [3.05, 3.63) is 30.6 Å². The molecular formula is C14H19N3OS. The van der Waals surface area contributed by atoms with E-state index in [-0.39, 0.29) is 17.9 Å². The molecule has 19 heavy (non-hydrogen) atoms. The number of anilines is 2. The summed E-state index contributed by atoms with van der Waals surface area (Å²) in [7, 11) is 0. The molecule has 2 atom stereocenters. The Balaban J connectivity index is 2.33. The average Bonchev–Trinajstić information content (AvgIpc) is 2.44. The molecular weight excluding hydrogens is 258 g/mol. The standard InChI is InChI=1S/C14H19N3OS/c1-9(14(8-18)19-2)17-13-4-3-12(15)11-7-16-6-5-10(11)13/h3-7,9,14,17-18H,8,15H2,1-2H3. The summed E-state index contributed by atoms with van der Waals surface area (Å²) in [6.07, 6.45) is 5.54. The Hall–Kier alpha value is -1.46. The summed E-state index contributed by atoms with van der Waals surface area (Å²) in [5.74, 6) is 0. The normalized spacial score (nSPS) is 14.3. The number of nitrogen functional groups attached to an aromatic ring is 1. The number of nitrogens with two attached hydrogens (primary N) is 1. The van der Waals surface area contributed by atoms with Crippen molar-refractivity contribution < 1.29 is 5.11 Å². The Morgan fingerprint density at radius 2 is 2.16 bits per heavy atom. The lowest BCUT2D eigenvalue weighted by atomic mass is 10.1. The lowest BCUT2D eigenvalue weighted by molar-refractivity contribution is 0.288.